The summed E-state index contributed by atoms with van der Waals surface area (Å²) in [5, 5.41) is 5.00. The van der Waals surface area contributed by atoms with Crippen LogP contribution in [-0.2, 0) is 6.42 Å². The fourth-order valence-corrected chi connectivity index (χ4v) is 3.25. The molecule has 0 aromatic heterocycles. The number of halogens is 3. The molecule has 112 valence electrons. The monoisotopic (exact) mass is 385 g/mol. The molecular formula is C17H18BrCl2N. The molecule has 0 fully saturated rings. The number of rotatable bonds is 6. The molecule has 1 unspecified atom stereocenters. The molecule has 2 aromatic carbocycles. The fraction of sp³-hybridized carbons (Fsp3) is 0.294. The van der Waals surface area contributed by atoms with Crippen molar-refractivity contribution >= 4 is 39.1 Å². The van der Waals surface area contributed by atoms with Crippen LogP contribution in [0.15, 0.2) is 46.9 Å². The minimum atomic E-state index is 0.355. The number of hydrogen-bond acceptors (Lipinski definition) is 1. The van der Waals surface area contributed by atoms with Crippen LogP contribution < -0.4 is 5.32 Å². The summed E-state index contributed by atoms with van der Waals surface area (Å²) < 4.78 is 1.11. The highest BCUT2D eigenvalue weighted by Crippen LogP contribution is 2.23. The van der Waals surface area contributed by atoms with Gasteiger partial charge in [0.2, 0.25) is 0 Å². The lowest BCUT2D eigenvalue weighted by atomic mass is 10.0. The van der Waals surface area contributed by atoms with E-state index < -0.39 is 0 Å². The number of benzene rings is 2. The zero-order chi connectivity index (χ0) is 15.2. The van der Waals surface area contributed by atoms with E-state index in [1.54, 1.807) is 6.07 Å². The van der Waals surface area contributed by atoms with Gasteiger partial charge in [0.15, 0.2) is 0 Å². The van der Waals surface area contributed by atoms with Crippen molar-refractivity contribution in [3.63, 3.8) is 0 Å². The van der Waals surface area contributed by atoms with Crippen LogP contribution >= 0.6 is 39.1 Å². The third-order valence-electron chi connectivity index (χ3n) is 3.46. The van der Waals surface area contributed by atoms with Crippen molar-refractivity contribution in [3.8, 4) is 0 Å². The van der Waals surface area contributed by atoms with E-state index in [0.717, 1.165) is 34.4 Å². The highest BCUT2D eigenvalue weighted by molar-refractivity contribution is 9.10. The molecule has 0 heterocycles. The van der Waals surface area contributed by atoms with Crippen LogP contribution in [-0.4, -0.2) is 6.54 Å². The lowest BCUT2D eigenvalue weighted by molar-refractivity contribution is 0.522. The molecular weight excluding hydrogens is 369 g/mol. The van der Waals surface area contributed by atoms with Gasteiger partial charge in [0, 0.05) is 20.6 Å². The average Bonchev–Trinajstić information content (AvgIpc) is 2.45. The zero-order valence-corrected chi connectivity index (χ0v) is 15.0. The normalized spacial score (nSPS) is 12.4. The largest absolute Gasteiger partial charge is 0.310 e. The van der Waals surface area contributed by atoms with Crippen LogP contribution in [0.25, 0.3) is 0 Å². The second kappa shape index (κ2) is 8.19. The Labute approximate surface area is 144 Å². The molecule has 0 aliphatic rings. The van der Waals surface area contributed by atoms with E-state index in [4.69, 9.17) is 23.2 Å². The molecule has 0 bridgehead atoms. The van der Waals surface area contributed by atoms with E-state index in [0.29, 0.717) is 11.1 Å². The highest BCUT2D eigenvalue weighted by Gasteiger charge is 2.09. The highest BCUT2D eigenvalue weighted by atomic mass is 79.9. The number of hydrogen-bond donors (Lipinski definition) is 1. The Kier molecular flexibility index (Phi) is 6.56. The van der Waals surface area contributed by atoms with Gasteiger partial charge in [-0.15, -0.1) is 0 Å². The third kappa shape index (κ3) is 5.00. The molecule has 1 nitrogen and oxygen atoms in total. The standard InChI is InChI=1S/C17H18BrCl2N/c1-2-17(13-4-3-5-14(18)10-13)21-9-8-12-6-7-15(19)11-16(12)20/h3-7,10-11,17,21H,2,8-9H2,1H3. The number of nitrogens with one attached hydrogen (secondary N) is 1. The van der Waals surface area contributed by atoms with Crippen LogP contribution in [0.3, 0.4) is 0 Å². The lowest BCUT2D eigenvalue weighted by Crippen LogP contribution is -2.23. The van der Waals surface area contributed by atoms with E-state index in [9.17, 15) is 0 Å². The summed E-state index contributed by atoms with van der Waals surface area (Å²) in [5.41, 5.74) is 2.42. The summed E-state index contributed by atoms with van der Waals surface area (Å²) in [6.45, 7) is 3.07. The Morgan fingerprint density at radius 2 is 1.95 bits per heavy atom. The van der Waals surface area contributed by atoms with E-state index in [-0.39, 0.29) is 0 Å². The Morgan fingerprint density at radius 3 is 2.62 bits per heavy atom. The van der Waals surface area contributed by atoms with Crippen LogP contribution in [0.1, 0.15) is 30.5 Å². The third-order valence-corrected chi connectivity index (χ3v) is 4.54. The first-order valence-corrected chi connectivity index (χ1v) is 8.58. The topological polar surface area (TPSA) is 12.0 Å². The summed E-state index contributed by atoms with van der Waals surface area (Å²) in [6, 6.07) is 14.5. The predicted octanol–water partition coefficient (Wildman–Crippen LogP) is 6.04. The van der Waals surface area contributed by atoms with Gasteiger partial charge < -0.3 is 5.32 Å². The smallest absolute Gasteiger partial charge is 0.0453 e. The van der Waals surface area contributed by atoms with Gasteiger partial charge in [0.1, 0.15) is 0 Å². The Morgan fingerprint density at radius 1 is 1.14 bits per heavy atom. The molecule has 0 amide bonds. The zero-order valence-electron chi connectivity index (χ0n) is 11.9. The molecule has 0 saturated carbocycles. The second-order valence-electron chi connectivity index (χ2n) is 4.96. The predicted molar refractivity (Wildman–Crippen MR) is 95.3 cm³/mol. The minimum absolute atomic E-state index is 0.355. The van der Waals surface area contributed by atoms with Gasteiger partial charge in [-0.2, -0.15) is 0 Å². The molecule has 0 radical (unpaired) electrons. The first-order chi connectivity index (χ1) is 10.1. The molecule has 2 rings (SSSR count). The van der Waals surface area contributed by atoms with Crippen molar-refractivity contribution in [2.24, 2.45) is 0 Å². The van der Waals surface area contributed by atoms with E-state index in [2.05, 4.69) is 46.4 Å². The molecule has 21 heavy (non-hydrogen) atoms. The molecule has 0 saturated heterocycles. The van der Waals surface area contributed by atoms with Crippen LogP contribution in [0.4, 0.5) is 0 Å². The van der Waals surface area contributed by atoms with Gasteiger partial charge in [0.25, 0.3) is 0 Å². The molecule has 4 heteroatoms. The van der Waals surface area contributed by atoms with Crippen LogP contribution in [0.2, 0.25) is 10.0 Å². The van der Waals surface area contributed by atoms with E-state index in [1.807, 2.05) is 18.2 Å². The van der Waals surface area contributed by atoms with E-state index >= 15 is 0 Å². The first-order valence-electron chi connectivity index (χ1n) is 7.03. The van der Waals surface area contributed by atoms with Crippen LogP contribution in [0, 0.1) is 0 Å². The molecule has 0 aliphatic heterocycles. The second-order valence-corrected chi connectivity index (χ2v) is 6.72. The quantitative estimate of drug-likeness (QED) is 0.638. The van der Waals surface area contributed by atoms with Gasteiger partial charge in [-0.1, -0.05) is 64.3 Å². The van der Waals surface area contributed by atoms with Crippen molar-refractivity contribution in [1.29, 1.82) is 0 Å². The van der Waals surface area contributed by atoms with Crippen LogP contribution in [0.5, 0.6) is 0 Å². The Balaban J connectivity index is 1.94. The first kappa shape index (κ1) is 16.8. The Bertz CT molecular complexity index is 601. The van der Waals surface area contributed by atoms with Gasteiger partial charge >= 0.3 is 0 Å². The van der Waals surface area contributed by atoms with Crippen molar-refractivity contribution in [1.82, 2.24) is 5.32 Å². The maximum Gasteiger partial charge on any atom is 0.0453 e. The summed E-state index contributed by atoms with van der Waals surface area (Å²) in [5.74, 6) is 0. The average molecular weight is 387 g/mol. The maximum absolute atomic E-state index is 6.20. The fourth-order valence-electron chi connectivity index (χ4n) is 2.33. The maximum atomic E-state index is 6.20. The Hall–Kier alpha value is -0.540. The summed E-state index contributed by atoms with van der Waals surface area (Å²) in [6.07, 6.45) is 1.94. The van der Waals surface area contributed by atoms with Crippen molar-refractivity contribution in [2.45, 2.75) is 25.8 Å². The summed E-state index contributed by atoms with van der Waals surface area (Å²) in [7, 11) is 0. The summed E-state index contributed by atoms with van der Waals surface area (Å²) >= 11 is 15.6. The molecule has 0 aliphatic carbocycles. The molecule has 1 atom stereocenters. The SMILES string of the molecule is CCC(NCCc1ccc(Cl)cc1Cl)c1cccc(Br)c1. The van der Waals surface area contributed by atoms with Crippen molar-refractivity contribution in [3.05, 3.63) is 68.1 Å². The molecule has 1 N–H and O–H groups in total. The van der Waals surface area contributed by atoms with Gasteiger partial charge in [-0.3, -0.25) is 0 Å². The van der Waals surface area contributed by atoms with Crippen molar-refractivity contribution in [2.75, 3.05) is 6.54 Å². The van der Waals surface area contributed by atoms with E-state index in [1.165, 1.54) is 5.56 Å². The van der Waals surface area contributed by atoms with Gasteiger partial charge in [-0.25, -0.2) is 0 Å². The molecule has 0 spiro atoms. The molecule has 2 aromatic rings. The summed E-state index contributed by atoms with van der Waals surface area (Å²) in [4.78, 5) is 0. The van der Waals surface area contributed by atoms with Gasteiger partial charge in [0.05, 0.1) is 0 Å². The minimum Gasteiger partial charge on any atom is -0.310 e. The van der Waals surface area contributed by atoms with Crippen molar-refractivity contribution < 1.29 is 0 Å². The van der Waals surface area contributed by atoms with Gasteiger partial charge in [-0.05, 0) is 54.8 Å². The lowest BCUT2D eigenvalue weighted by Gasteiger charge is -2.18.